The number of rotatable bonds is 2. The van der Waals surface area contributed by atoms with Crippen molar-refractivity contribution in [3.8, 4) is 11.8 Å². The summed E-state index contributed by atoms with van der Waals surface area (Å²) >= 11 is 0. The summed E-state index contributed by atoms with van der Waals surface area (Å²) in [6.45, 7) is 2.59. The summed E-state index contributed by atoms with van der Waals surface area (Å²) in [5.74, 6) is 6.33. The molecule has 1 aromatic rings. The first-order valence-corrected chi connectivity index (χ1v) is 7.15. The van der Waals surface area contributed by atoms with Crippen LogP contribution in [-0.2, 0) is 0 Å². The molecule has 0 unspecified atom stereocenters. The van der Waals surface area contributed by atoms with Crippen LogP contribution in [-0.4, -0.2) is 23.5 Å². The van der Waals surface area contributed by atoms with Crippen molar-refractivity contribution in [2.45, 2.75) is 38.6 Å². The lowest BCUT2D eigenvalue weighted by Crippen LogP contribution is -2.37. The molecule has 0 aliphatic heterocycles. The van der Waals surface area contributed by atoms with Gasteiger partial charge in [-0.3, -0.25) is 4.79 Å². The van der Waals surface area contributed by atoms with Gasteiger partial charge in [-0.15, -0.1) is 0 Å². The van der Waals surface area contributed by atoms with Crippen molar-refractivity contribution in [2.24, 2.45) is 11.7 Å². The van der Waals surface area contributed by atoms with Crippen LogP contribution in [0.5, 0.6) is 0 Å². The van der Waals surface area contributed by atoms with Crippen LogP contribution in [0.3, 0.4) is 0 Å². The zero-order valence-electron chi connectivity index (χ0n) is 11.9. The molecule has 1 saturated carbocycles. The molecule has 1 amide bonds. The fourth-order valence-corrected chi connectivity index (χ4v) is 2.42. The Morgan fingerprint density at radius 3 is 2.75 bits per heavy atom. The summed E-state index contributed by atoms with van der Waals surface area (Å²) < 4.78 is 0. The molecule has 4 heteroatoms. The highest BCUT2D eigenvalue weighted by atomic mass is 16.1. The largest absolute Gasteiger partial charge is 0.348 e. The average molecular weight is 271 g/mol. The first-order valence-electron chi connectivity index (χ1n) is 7.15. The minimum absolute atomic E-state index is 0.0945. The number of carbonyl (C=O) groups excluding carboxylic acids is 1. The van der Waals surface area contributed by atoms with Crippen LogP contribution >= 0.6 is 0 Å². The molecule has 20 heavy (non-hydrogen) atoms. The first-order chi connectivity index (χ1) is 9.69. The number of amides is 1. The standard InChI is InChI=1S/C16H21N3O/c1-12-4-7-14(8-5-12)19-16(20)15-9-6-13(11-18-15)3-2-10-17/h6,9,11-12,14H,4-5,7-8,10,17H2,1H3,(H,19,20). The van der Waals surface area contributed by atoms with Crippen molar-refractivity contribution < 1.29 is 4.79 Å². The minimum Gasteiger partial charge on any atom is -0.348 e. The number of nitrogens with two attached hydrogens (primary N) is 1. The van der Waals surface area contributed by atoms with Crippen molar-refractivity contribution in [3.63, 3.8) is 0 Å². The van der Waals surface area contributed by atoms with Gasteiger partial charge in [-0.25, -0.2) is 4.98 Å². The van der Waals surface area contributed by atoms with Gasteiger partial charge in [0.1, 0.15) is 5.69 Å². The third kappa shape index (κ3) is 4.07. The normalized spacial score (nSPS) is 21.7. The molecular weight excluding hydrogens is 250 g/mol. The van der Waals surface area contributed by atoms with E-state index in [2.05, 4.69) is 29.1 Å². The fraction of sp³-hybridized carbons (Fsp3) is 0.500. The summed E-state index contributed by atoms with van der Waals surface area (Å²) in [6, 6.07) is 3.80. The predicted molar refractivity (Wildman–Crippen MR) is 79.1 cm³/mol. The van der Waals surface area contributed by atoms with E-state index in [1.54, 1.807) is 18.3 Å². The molecule has 0 aromatic carbocycles. The van der Waals surface area contributed by atoms with Crippen LogP contribution in [0.2, 0.25) is 0 Å². The van der Waals surface area contributed by atoms with Crippen molar-refractivity contribution in [1.29, 1.82) is 0 Å². The minimum atomic E-state index is -0.0945. The van der Waals surface area contributed by atoms with E-state index in [1.165, 1.54) is 12.8 Å². The molecule has 0 bridgehead atoms. The smallest absolute Gasteiger partial charge is 0.270 e. The van der Waals surface area contributed by atoms with Crippen molar-refractivity contribution in [2.75, 3.05) is 6.54 Å². The molecule has 1 aromatic heterocycles. The van der Waals surface area contributed by atoms with Gasteiger partial charge in [-0.1, -0.05) is 18.8 Å². The van der Waals surface area contributed by atoms with Crippen molar-refractivity contribution in [1.82, 2.24) is 10.3 Å². The molecular formula is C16H21N3O. The molecule has 0 atom stereocenters. The highest BCUT2D eigenvalue weighted by molar-refractivity contribution is 5.92. The van der Waals surface area contributed by atoms with Gasteiger partial charge in [-0.2, -0.15) is 0 Å². The van der Waals surface area contributed by atoms with E-state index in [9.17, 15) is 4.79 Å². The van der Waals surface area contributed by atoms with Crippen LogP contribution < -0.4 is 11.1 Å². The molecule has 1 heterocycles. The second-order valence-electron chi connectivity index (χ2n) is 5.37. The van der Waals surface area contributed by atoms with Crippen molar-refractivity contribution in [3.05, 3.63) is 29.6 Å². The van der Waals surface area contributed by atoms with Crippen molar-refractivity contribution >= 4 is 5.91 Å². The van der Waals surface area contributed by atoms with E-state index in [-0.39, 0.29) is 11.9 Å². The SMILES string of the molecule is CC1CCC(NC(=O)c2ccc(C#CCN)cn2)CC1. The molecule has 4 nitrogen and oxygen atoms in total. The van der Waals surface area contributed by atoms with Crippen LogP contribution in [0.1, 0.15) is 48.7 Å². The Kier molecular flexibility index (Phi) is 5.14. The van der Waals surface area contributed by atoms with E-state index < -0.39 is 0 Å². The van der Waals surface area contributed by atoms with Gasteiger partial charge in [0.15, 0.2) is 0 Å². The van der Waals surface area contributed by atoms with Gasteiger partial charge in [0, 0.05) is 17.8 Å². The molecule has 106 valence electrons. The highest BCUT2D eigenvalue weighted by Crippen LogP contribution is 2.23. The molecule has 0 radical (unpaired) electrons. The zero-order valence-corrected chi connectivity index (χ0v) is 11.9. The Morgan fingerprint density at radius 1 is 1.40 bits per heavy atom. The zero-order chi connectivity index (χ0) is 14.4. The van der Waals surface area contributed by atoms with Gasteiger partial charge in [0.2, 0.25) is 0 Å². The van der Waals surface area contributed by atoms with Crippen LogP contribution in [0.4, 0.5) is 0 Å². The second-order valence-corrected chi connectivity index (χ2v) is 5.37. The number of pyridine rings is 1. The van der Waals surface area contributed by atoms with Gasteiger partial charge in [-0.05, 0) is 43.7 Å². The molecule has 2 rings (SSSR count). The van der Waals surface area contributed by atoms with Crippen LogP contribution in [0.15, 0.2) is 18.3 Å². The quantitative estimate of drug-likeness (QED) is 0.804. The molecule has 1 aliphatic carbocycles. The number of hydrogen-bond acceptors (Lipinski definition) is 3. The Labute approximate surface area is 120 Å². The lowest BCUT2D eigenvalue weighted by atomic mass is 9.87. The van der Waals surface area contributed by atoms with Gasteiger partial charge < -0.3 is 11.1 Å². The van der Waals surface area contributed by atoms with Gasteiger partial charge in [0.05, 0.1) is 6.54 Å². The topological polar surface area (TPSA) is 68.0 Å². The van der Waals surface area contributed by atoms with Gasteiger partial charge in [0.25, 0.3) is 5.91 Å². The third-order valence-corrected chi connectivity index (χ3v) is 3.68. The second kappa shape index (κ2) is 7.06. The lowest BCUT2D eigenvalue weighted by Gasteiger charge is -2.26. The summed E-state index contributed by atoms with van der Waals surface area (Å²) in [7, 11) is 0. The number of nitrogens with zero attached hydrogens (tertiary/aromatic N) is 1. The molecule has 3 N–H and O–H groups in total. The van der Waals surface area contributed by atoms with E-state index >= 15 is 0 Å². The van der Waals surface area contributed by atoms with E-state index in [0.29, 0.717) is 12.2 Å². The third-order valence-electron chi connectivity index (χ3n) is 3.68. The number of hydrogen-bond donors (Lipinski definition) is 2. The Hall–Kier alpha value is -1.86. The predicted octanol–water partition coefficient (Wildman–Crippen LogP) is 1.70. The highest BCUT2D eigenvalue weighted by Gasteiger charge is 2.20. The summed E-state index contributed by atoms with van der Waals surface area (Å²) in [5, 5.41) is 3.06. The summed E-state index contributed by atoms with van der Waals surface area (Å²) in [5.41, 5.74) is 6.53. The van der Waals surface area contributed by atoms with Crippen LogP contribution in [0.25, 0.3) is 0 Å². The molecule has 0 saturated heterocycles. The maximum atomic E-state index is 12.1. The lowest BCUT2D eigenvalue weighted by molar-refractivity contribution is 0.0918. The number of aromatic nitrogens is 1. The fourth-order valence-electron chi connectivity index (χ4n) is 2.42. The molecule has 1 fully saturated rings. The maximum Gasteiger partial charge on any atom is 0.270 e. The maximum absolute atomic E-state index is 12.1. The number of carbonyl (C=O) groups is 1. The van der Waals surface area contributed by atoms with E-state index in [0.717, 1.165) is 24.3 Å². The first kappa shape index (κ1) is 14.5. The Bertz CT molecular complexity index is 505. The number of nitrogens with one attached hydrogen (secondary N) is 1. The Morgan fingerprint density at radius 2 is 2.15 bits per heavy atom. The van der Waals surface area contributed by atoms with Crippen LogP contribution in [0, 0.1) is 17.8 Å². The summed E-state index contributed by atoms with van der Waals surface area (Å²) in [4.78, 5) is 16.2. The van der Waals surface area contributed by atoms with E-state index in [4.69, 9.17) is 5.73 Å². The summed E-state index contributed by atoms with van der Waals surface area (Å²) in [6.07, 6.45) is 6.11. The Balaban J connectivity index is 1.92. The monoisotopic (exact) mass is 271 g/mol. The average Bonchev–Trinajstić information content (AvgIpc) is 2.48. The molecule has 1 aliphatic rings. The molecule has 0 spiro atoms. The van der Waals surface area contributed by atoms with E-state index in [1.807, 2.05) is 0 Å². The van der Waals surface area contributed by atoms with Gasteiger partial charge >= 0.3 is 0 Å².